The van der Waals surface area contributed by atoms with Gasteiger partial charge in [-0.3, -0.25) is 0 Å². The Hall–Kier alpha value is -2.04. The van der Waals surface area contributed by atoms with Crippen LogP contribution in [-0.4, -0.2) is 19.9 Å². The monoisotopic (exact) mass is 188 g/mol. The van der Waals surface area contributed by atoms with Gasteiger partial charge in [-0.15, -0.1) is 0 Å². The standard InChI is InChI=1S/C9H8N4O/c1-6-2-8(13-9(14)12-6)7-3-10-5-11-4-7/h2-5H,1H3,(H,12,13,14). The Morgan fingerprint density at radius 3 is 2.64 bits per heavy atom. The summed E-state index contributed by atoms with van der Waals surface area (Å²) in [6.07, 6.45) is 4.67. The molecule has 0 radical (unpaired) electrons. The molecule has 0 bridgehead atoms. The fourth-order valence-electron chi connectivity index (χ4n) is 1.16. The lowest BCUT2D eigenvalue weighted by molar-refractivity contribution is 1.03. The maximum atomic E-state index is 11.1. The summed E-state index contributed by atoms with van der Waals surface area (Å²) in [5.41, 5.74) is 1.74. The molecule has 2 rings (SSSR count). The first-order chi connectivity index (χ1) is 6.75. The molecule has 5 heteroatoms. The number of H-pyrrole nitrogens is 1. The van der Waals surface area contributed by atoms with Crippen LogP contribution in [0.2, 0.25) is 0 Å². The van der Waals surface area contributed by atoms with Gasteiger partial charge in [0.1, 0.15) is 6.33 Å². The molecule has 0 spiro atoms. The number of nitrogens with one attached hydrogen (secondary N) is 1. The summed E-state index contributed by atoms with van der Waals surface area (Å²) < 4.78 is 0. The largest absolute Gasteiger partial charge is 0.345 e. The lowest BCUT2D eigenvalue weighted by Gasteiger charge is -1.98. The van der Waals surface area contributed by atoms with Crippen molar-refractivity contribution in [2.75, 3.05) is 0 Å². The van der Waals surface area contributed by atoms with Crippen LogP contribution in [0.25, 0.3) is 11.3 Å². The first-order valence-corrected chi connectivity index (χ1v) is 4.09. The molecule has 2 aromatic heterocycles. The molecular formula is C9H8N4O. The van der Waals surface area contributed by atoms with Crippen molar-refractivity contribution in [3.8, 4) is 11.3 Å². The molecule has 0 amide bonds. The van der Waals surface area contributed by atoms with Gasteiger partial charge in [0, 0.05) is 23.7 Å². The van der Waals surface area contributed by atoms with Crippen LogP contribution in [-0.2, 0) is 0 Å². The van der Waals surface area contributed by atoms with Crippen molar-refractivity contribution in [1.29, 1.82) is 0 Å². The van der Waals surface area contributed by atoms with Gasteiger partial charge in [-0.1, -0.05) is 0 Å². The van der Waals surface area contributed by atoms with Gasteiger partial charge in [0.15, 0.2) is 0 Å². The van der Waals surface area contributed by atoms with E-state index in [1.165, 1.54) is 6.33 Å². The Bertz CT molecular complexity index is 492. The van der Waals surface area contributed by atoms with E-state index in [1.54, 1.807) is 25.4 Å². The zero-order chi connectivity index (χ0) is 9.97. The predicted molar refractivity (Wildman–Crippen MR) is 50.6 cm³/mol. The molecule has 1 N–H and O–H groups in total. The molecule has 5 nitrogen and oxygen atoms in total. The molecule has 0 saturated carbocycles. The average Bonchev–Trinajstić information content (AvgIpc) is 2.18. The fourth-order valence-corrected chi connectivity index (χ4v) is 1.16. The summed E-state index contributed by atoms with van der Waals surface area (Å²) in [5.74, 6) is 0. The van der Waals surface area contributed by atoms with Gasteiger partial charge in [0.25, 0.3) is 0 Å². The average molecular weight is 188 g/mol. The van der Waals surface area contributed by atoms with E-state index >= 15 is 0 Å². The van der Waals surface area contributed by atoms with Crippen LogP contribution >= 0.6 is 0 Å². The fraction of sp³-hybridized carbons (Fsp3) is 0.111. The van der Waals surface area contributed by atoms with Crippen LogP contribution in [0, 0.1) is 6.92 Å². The van der Waals surface area contributed by atoms with Crippen LogP contribution in [0.3, 0.4) is 0 Å². The Balaban J connectivity index is 2.58. The molecule has 0 fully saturated rings. The predicted octanol–water partition coefficient (Wildman–Crippen LogP) is 0.535. The number of aromatic nitrogens is 4. The summed E-state index contributed by atoms with van der Waals surface area (Å²) >= 11 is 0. The normalized spacial score (nSPS) is 10.1. The number of aryl methyl sites for hydroxylation is 1. The summed E-state index contributed by atoms with van der Waals surface area (Å²) in [5, 5.41) is 0. The highest BCUT2D eigenvalue weighted by Crippen LogP contribution is 2.11. The van der Waals surface area contributed by atoms with Crippen molar-refractivity contribution >= 4 is 0 Å². The summed E-state index contributed by atoms with van der Waals surface area (Å²) in [6.45, 7) is 1.80. The molecule has 0 aromatic carbocycles. The zero-order valence-corrected chi connectivity index (χ0v) is 7.56. The molecule has 0 atom stereocenters. The van der Waals surface area contributed by atoms with Crippen molar-refractivity contribution in [3.05, 3.63) is 41.0 Å². The second-order valence-electron chi connectivity index (χ2n) is 2.88. The van der Waals surface area contributed by atoms with Crippen LogP contribution in [0.4, 0.5) is 0 Å². The van der Waals surface area contributed by atoms with Crippen LogP contribution in [0.15, 0.2) is 29.6 Å². The highest BCUT2D eigenvalue weighted by Gasteiger charge is 2.01. The Morgan fingerprint density at radius 2 is 2.00 bits per heavy atom. The van der Waals surface area contributed by atoms with Gasteiger partial charge in [-0.25, -0.2) is 14.8 Å². The molecule has 2 heterocycles. The van der Waals surface area contributed by atoms with Gasteiger partial charge in [-0.2, -0.15) is 4.98 Å². The van der Waals surface area contributed by atoms with E-state index in [9.17, 15) is 4.79 Å². The van der Waals surface area contributed by atoms with E-state index in [-0.39, 0.29) is 5.69 Å². The van der Waals surface area contributed by atoms with E-state index in [4.69, 9.17) is 0 Å². The van der Waals surface area contributed by atoms with Gasteiger partial charge in [-0.05, 0) is 13.0 Å². The second kappa shape index (κ2) is 3.37. The Labute approximate surface area is 79.9 Å². The van der Waals surface area contributed by atoms with E-state index in [2.05, 4.69) is 19.9 Å². The van der Waals surface area contributed by atoms with Gasteiger partial charge < -0.3 is 4.98 Å². The van der Waals surface area contributed by atoms with Gasteiger partial charge in [0.2, 0.25) is 0 Å². The van der Waals surface area contributed by atoms with Crippen molar-refractivity contribution in [2.45, 2.75) is 6.92 Å². The first kappa shape index (κ1) is 8.55. The van der Waals surface area contributed by atoms with Crippen LogP contribution in [0.5, 0.6) is 0 Å². The third-order valence-corrected chi connectivity index (χ3v) is 1.74. The SMILES string of the molecule is Cc1cc(-c2cncnc2)nc(=O)[nH]1. The highest BCUT2D eigenvalue weighted by atomic mass is 16.1. The van der Waals surface area contributed by atoms with Crippen LogP contribution < -0.4 is 5.69 Å². The molecule has 0 aliphatic rings. The first-order valence-electron chi connectivity index (χ1n) is 4.09. The van der Waals surface area contributed by atoms with Crippen molar-refractivity contribution < 1.29 is 0 Å². The molecular weight excluding hydrogens is 180 g/mol. The molecule has 0 aliphatic carbocycles. The van der Waals surface area contributed by atoms with Crippen molar-refractivity contribution in [1.82, 2.24) is 19.9 Å². The van der Waals surface area contributed by atoms with E-state index in [0.29, 0.717) is 5.69 Å². The molecule has 0 unspecified atom stereocenters. The maximum Gasteiger partial charge on any atom is 0.345 e. The van der Waals surface area contributed by atoms with Gasteiger partial charge >= 0.3 is 5.69 Å². The minimum absolute atomic E-state index is 0.358. The molecule has 14 heavy (non-hydrogen) atoms. The topological polar surface area (TPSA) is 71.5 Å². The minimum atomic E-state index is -0.358. The Kier molecular flexibility index (Phi) is 2.06. The summed E-state index contributed by atoms with van der Waals surface area (Å²) in [6, 6.07) is 1.78. The summed E-state index contributed by atoms with van der Waals surface area (Å²) in [7, 11) is 0. The van der Waals surface area contributed by atoms with E-state index in [0.717, 1.165) is 11.3 Å². The number of hydrogen-bond acceptors (Lipinski definition) is 4. The lowest BCUT2D eigenvalue weighted by Crippen LogP contribution is -2.11. The third-order valence-electron chi connectivity index (χ3n) is 1.74. The second-order valence-corrected chi connectivity index (χ2v) is 2.88. The number of aromatic amines is 1. The molecule has 2 aromatic rings. The Morgan fingerprint density at radius 1 is 1.29 bits per heavy atom. The van der Waals surface area contributed by atoms with E-state index < -0.39 is 0 Å². The molecule has 0 aliphatic heterocycles. The van der Waals surface area contributed by atoms with Gasteiger partial charge in [0.05, 0.1) is 5.69 Å². The lowest BCUT2D eigenvalue weighted by atomic mass is 10.2. The summed E-state index contributed by atoms with van der Waals surface area (Å²) in [4.78, 5) is 25.2. The number of nitrogens with zero attached hydrogens (tertiary/aromatic N) is 3. The highest BCUT2D eigenvalue weighted by molar-refractivity contribution is 5.56. The van der Waals surface area contributed by atoms with Crippen molar-refractivity contribution in [2.24, 2.45) is 0 Å². The number of rotatable bonds is 1. The van der Waals surface area contributed by atoms with Crippen LogP contribution in [0.1, 0.15) is 5.69 Å². The maximum absolute atomic E-state index is 11.1. The van der Waals surface area contributed by atoms with E-state index in [1.807, 2.05) is 0 Å². The zero-order valence-electron chi connectivity index (χ0n) is 7.56. The third kappa shape index (κ3) is 1.66. The number of hydrogen-bond donors (Lipinski definition) is 1. The molecule has 70 valence electrons. The molecule has 0 saturated heterocycles. The smallest absolute Gasteiger partial charge is 0.310 e. The minimum Gasteiger partial charge on any atom is -0.310 e. The van der Waals surface area contributed by atoms with Crippen molar-refractivity contribution in [3.63, 3.8) is 0 Å². The quantitative estimate of drug-likeness (QED) is 0.708.